The normalized spacial score (nSPS) is 11.4. The highest BCUT2D eigenvalue weighted by Gasteiger charge is 2.17. The molecule has 1 aromatic rings. The summed E-state index contributed by atoms with van der Waals surface area (Å²) >= 11 is 0. The van der Waals surface area contributed by atoms with Gasteiger partial charge in [-0.25, -0.2) is 4.98 Å². The predicted molar refractivity (Wildman–Crippen MR) is 70.6 cm³/mol. The summed E-state index contributed by atoms with van der Waals surface area (Å²) in [7, 11) is 3.84. The fraction of sp³-hybridized carbons (Fsp3) is 0.667. The van der Waals surface area contributed by atoms with Gasteiger partial charge in [0.05, 0.1) is 5.60 Å². The van der Waals surface area contributed by atoms with E-state index in [4.69, 9.17) is 4.74 Å². The second kappa shape index (κ2) is 5.82. The van der Waals surface area contributed by atoms with Crippen molar-refractivity contribution in [1.82, 2.24) is 9.97 Å². The van der Waals surface area contributed by atoms with Gasteiger partial charge in [-0.1, -0.05) is 0 Å². The van der Waals surface area contributed by atoms with Gasteiger partial charge in [0.2, 0.25) is 5.95 Å². The lowest BCUT2D eigenvalue weighted by atomic mass is 10.1. The summed E-state index contributed by atoms with van der Waals surface area (Å²) in [6.45, 7) is 7.53. The molecule has 96 valence electrons. The van der Waals surface area contributed by atoms with E-state index in [9.17, 15) is 0 Å². The topological polar surface area (TPSA) is 50.3 Å². The van der Waals surface area contributed by atoms with E-state index in [1.165, 1.54) is 0 Å². The van der Waals surface area contributed by atoms with Crippen molar-refractivity contribution in [2.75, 3.05) is 37.5 Å². The summed E-state index contributed by atoms with van der Waals surface area (Å²) in [4.78, 5) is 10.4. The van der Waals surface area contributed by atoms with Crippen LogP contribution in [0.4, 0.5) is 11.8 Å². The van der Waals surface area contributed by atoms with Crippen molar-refractivity contribution < 1.29 is 4.74 Å². The van der Waals surface area contributed by atoms with Crippen LogP contribution < -0.4 is 10.2 Å². The van der Waals surface area contributed by atoms with Gasteiger partial charge in [-0.15, -0.1) is 0 Å². The molecule has 0 fully saturated rings. The summed E-state index contributed by atoms with van der Waals surface area (Å²) in [6.07, 6.45) is 1.75. The fourth-order valence-electron chi connectivity index (χ4n) is 1.41. The van der Waals surface area contributed by atoms with Gasteiger partial charge >= 0.3 is 0 Å². The first kappa shape index (κ1) is 13.7. The molecule has 0 atom stereocenters. The van der Waals surface area contributed by atoms with Gasteiger partial charge in [0.25, 0.3) is 0 Å². The lowest BCUT2D eigenvalue weighted by molar-refractivity contribution is 0.000642. The first-order chi connectivity index (χ1) is 7.94. The molecule has 0 bridgehead atoms. The van der Waals surface area contributed by atoms with Gasteiger partial charge < -0.3 is 15.0 Å². The second-order valence-corrected chi connectivity index (χ2v) is 4.68. The lowest BCUT2D eigenvalue weighted by Gasteiger charge is -2.25. The third-order valence-electron chi connectivity index (χ3n) is 2.27. The molecule has 17 heavy (non-hydrogen) atoms. The van der Waals surface area contributed by atoms with Crippen molar-refractivity contribution >= 4 is 11.8 Å². The maximum atomic E-state index is 5.61. The minimum absolute atomic E-state index is 0.196. The molecule has 0 aliphatic heterocycles. The Morgan fingerprint density at radius 1 is 1.41 bits per heavy atom. The number of hydrogen-bond acceptors (Lipinski definition) is 5. The lowest BCUT2D eigenvalue weighted by Crippen LogP contribution is -2.33. The number of nitrogens with one attached hydrogen (secondary N) is 1. The Hall–Kier alpha value is -1.36. The van der Waals surface area contributed by atoms with Crippen LogP contribution in [-0.2, 0) is 4.74 Å². The average Bonchev–Trinajstić information content (AvgIpc) is 2.27. The Morgan fingerprint density at radius 2 is 2.12 bits per heavy atom. The quantitative estimate of drug-likeness (QED) is 0.818. The molecule has 0 saturated heterocycles. The SMILES string of the molecule is CCOC(C)(C)CNc1ccnc(N(C)C)n1. The molecule has 0 aliphatic carbocycles. The molecule has 0 amide bonds. The van der Waals surface area contributed by atoms with E-state index in [1.54, 1.807) is 6.20 Å². The van der Waals surface area contributed by atoms with Crippen LogP contribution in [0, 0.1) is 0 Å². The van der Waals surface area contributed by atoms with Crippen LogP contribution in [0.1, 0.15) is 20.8 Å². The van der Waals surface area contributed by atoms with E-state index < -0.39 is 0 Å². The van der Waals surface area contributed by atoms with E-state index >= 15 is 0 Å². The number of hydrogen-bond donors (Lipinski definition) is 1. The zero-order valence-corrected chi connectivity index (χ0v) is 11.3. The first-order valence-corrected chi connectivity index (χ1v) is 5.83. The Labute approximate surface area is 103 Å². The molecular weight excluding hydrogens is 216 g/mol. The van der Waals surface area contributed by atoms with Crippen molar-refractivity contribution in [3.05, 3.63) is 12.3 Å². The van der Waals surface area contributed by atoms with Gasteiger partial charge in [0.15, 0.2) is 0 Å². The van der Waals surface area contributed by atoms with Crippen molar-refractivity contribution in [3.63, 3.8) is 0 Å². The minimum atomic E-state index is -0.196. The fourth-order valence-corrected chi connectivity index (χ4v) is 1.41. The monoisotopic (exact) mass is 238 g/mol. The molecule has 0 aromatic carbocycles. The second-order valence-electron chi connectivity index (χ2n) is 4.68. The number of rotatable bonds is 6. The first-order valence-electron chi connectivity index (χ1n) is 5.83. The smallest absolute Gasteiger partial charge is 0.226 e. The van der Waals surface area contributed by atoms with Crippen molar-refractivity contribution in [1.29, 1.82) is 0 Å². The molecule has 1 aromatic heterocycles. The van der Waals surface area contributed by atoms with Gasteiger partial charge in [-0.2, -0.15) is 4.98 Å². The summed E-state index contributed by atoms with van der Waals surface area (Å²) in [5.74, 6) is 1.51. The van der Waals surface area contributed by atoms with Crippen LogP contribution in [0.3, 0.4) is 0 Å². The Morgan fingerprint density at radius 3 is 2.71 bits per heavy atom. The summed E-state index contributed by atoms with van der Waals surface area (Å²) in [5, 5.41) is 3.26. The molecule has 0 spiro atoms. The molecule has 0 radical (unpaired) electrons. The predicted octanol–water partition coefficient (Wildman–Crippen LogP) is 1.77. The third-order valence-corrected chi connectivity index (χ3v) is 2.27. The van der Waals surface area contributed by atoms with Crippen molar-refractivity contribution in [2.24, 2.45) is 0 Å². The zero-order chi connectivity index (χ0) is 12.9. The number of ether oxygens (including phenoxy) is 1. The number of nitrogens with zero attached hydrogens (tertiary/aromatic N) is 3. The molecule has 1 heterocycles. The van der Waals surface area contributed by atoms with E-state index in [-0.39, 0.29) is 5.60 Å². The maximum Gasteiger partial charge on any atom is 0.226 e. The summed E-state index contributed by atoms with van der Waals surface area (Å²) < 4.78 is 5.61. The van der Waals surface area contributed by atoms with Crippen LogP contribution >= 0.6 is 0 Å². The standard InChI is InChI=1S/C12H22N4O/c1-6-17-12(2,3)9-14-10-7-8-13-11(15-10)16(4)5/h7-8H,6,9H2,1-5H3,(H,13,14,15). The minimum Gasteiger partial charge on any atom is -0.374 e. The Bertz CT molecular complexity index is 352. The van der Waals surface area contributed by atoms with Crippen LogP contribution in [0.2, 0.25) is 0 Å². The van der Waals surface area contributed by atoms with Crippen LogP contribution in [0.15, 0.2) is 12.3 Å². The molecule has 1 rings (SSSR count). The van der Waals surface area contributed by atoms with Gasteiger partial charge in [0.1, 0.15) is 5.82 Å². The largest absolute Gasteiger partial charge is 0.374 e. The average molecular weight is 238 g/mol. The summed E-state index contributed by atoms with van der Waals surface area (Å²) in [6, 6.07) is 1.86. The molecule has 5 nitrogen and oxygen atoms in total. The van der Waals surface area contributed by atoms with E-state index in [1.807, 2.05) is 32.0 Å². The maximum absolute atomic E-state index is 5.61. The molecule has 0 aliphatic rings. The molecule has 0 saturated carbocycles. The van der Waals surface area contributed by atoms with Crippen LogP contribution in [0.25, 0.3) is 0 Å². The van der Waals surface area contributed by atoms with Crippen molar-refractivity contribution in [2.45, 2.75) is 26.4 Å². The van der Waals surface area contributed by atoms with Gasteiger partial charge in [-0.3, -0.25) is 0 Å². The summed E-state index contributed by atoms with van der Waals surface area (Å²) in [5.41, 5.74) is -0.196. The Kier molecular flexibility index (Phi) is 4.69. The number of anilines is 2. The van der Waals surface area contributed by atoms with E-state index in [2.05, 4.69) is 29.1 Å². The zero-order valence-electron chi connectivity index (χ0n) is 11.3. The highest BCUT2D eigenvalue weighted by molar-refractivity contribution is 5.40. The molecule has 0 unspecified atom stereocenters. The Balaban J connectivity index is 2.60. The number of aromatic nitrogens is 2. The molecular formula is C12H22N4O. The van der Waals surface area contributed by atoms with Crippen LogP contribution in [0.5, 0.6) is 0 Å². The van der Waals surface area contributed by atoms with Crippen LogP contribution in [-0.4, -0.2) is 42.8 Å². The van der Waals surface area contributed by atoms with E-state index in [0.717, 1.165) is 5.82 Å². The molecule has 5 heteroatoms. The van der Waals surface area contributed by atoms with Gasteiger partial charge in [0, 0.05) is 33.4 Å². The third kappa shape index (κ3) is 4.56. The molecule has 1 N–H and O–H groups in total. The van der Waals surface area contributed by atoms with Crippen molar-refractivity contribution in [3.8, 4) is 0 Å². The highest BCUT2D eigenvalue weighted by atomic mass is 16.5. The van der Waals surface area contributed by atoms with E-state index in [0.29, 0.717) is 19.1 Å². The highest BCUT2D eigenvalue weighted by Crippen LogP contribution is 2.12. The van der Waals surface area contributed by atoms with Gasteiger partial charge in [-0.05, 0) is 26.8 Å².